The lowest BCUT2D eigenvalue weighted by Gasteiger charge is -2.19. The topological polar surface area (TPSA) is 83.5 Å². The minimum atomic E-state index is -5.59. The minimum absolute atomic E-state index is 0.743. The highest BCUT2D eigenvalue weighted by Gasteiger charge is 2.47. The fraction of sp³-hybridized carbons (Fsp3) is 1.00. The first kappa shape index (κ1) is 14.8. The number of rotatable bonds is 4. The van der Waals surface area contributed by atoms with Crippen LogP contribution in [-0.2, 0) is 21.1 Å². The van der Waals surface area contributed by atoms with Gasteiger partial charge in [0.15, 0.2) is 11.1 Å². The van der Waals surface area contributed by atoms with Gasteiger partial charge in [0, 0.05) is 0 Å². The van der Waals surface area contributed by atoms with Crippen molar-refractivity contribution in [2.24, 2.45) is 5.92 Å². The van der Waals surface area contributed by atoms with Crippen molar-refractivity contribution >= 4 is 21.1 Å². The number of hydrogen-bond acceptors (Lipinski definition) is 3. The van der Waals surface area contributed by atoms with E-state index >= 15 is 0 Å². The minimum Gasteiger partial charge on any atom is -0.305 e. The summed E-state index contributed by atoms with van der Waals surface area (Å²) in [5.41, 5.74) is -5.49. The first-order valence-corrected chi connectivity index (χ1v) is 6.32. The summed E-state index contributed by atoms with van der Waals surface area (Å²) in [6.45, 7) is 2.63. The first-order valence-electron chi connectivity index (χ1n) is 3.67. The van der Waals surface area contributed by atoms with Gasteiger partial charge in [-0.15, -0.1) is 0 Å². The fourth-order valence-electron chi connectivity index (χ4n) is 0.630. The molecule has 0 aromatic rings. The summed E-state index contributed by atoms with van der Waals surface area (Å²) in [5.74, 6) is -0.743. The van der Waals surface area contributed by atoms with Crippen LogP contribution in [0.5, 0.6) is 0 Å². The van der Waals surface area contributed by atoms with Gasteiger partial charge in [-0.3, -0.25) is 0 Å². The molecule has 10 heteroatoms. The number of alkyl halides is 3. The third kappa shape index (κ3) is 4.05. The number of halogens is 3. The van der Waals surface area contributed by atoms with E-state index in [2.05, 4.69) is 0 Å². The van der Waals surface area contributed by atoms with Gasteiger partial charge >= 0.3 is 15.5 Å². The van der Waals surface area contributed by atoms with Gasteiger partial charge in [0.1, 0.15) is 5.37 Å². The molecule has 0 aliphatic heterocycles. The average Bonchev–Trinajstić information content (AvgIpc) is 1.96. The summed E-state index contributed by atoms with van der Waals surface area (Å²) in [4.78, 5) is 0. The van der Waals surface area contributed by atoms with Crippen LogP contribution in [0.4, 0.5) is 13.2 Å². The predicted octanol–water partition coefficient (Wildman–Crippen LogP) is 0.629. The molecule has 0 amide bonds. The van der Waals surface area contributed by atoms with Crippen molar-refractivity contribution in [1.82, 2.24) is 4.72 Å². The molecule has 0 aromatic carbocycles. The Morgan fingerprint density at radius 1 is 1.33 bits per heavy atom. The molecule has 2 atom stereocenters. The largest absolute Gasteiger partial charge is 0.511 e. The molecule has 0 saturated carbocycles. The van der Waals surface area contributed by atoms with Gasteiger partial charge in [-0.1, -0.05) is 13.8 Å². The number of nitrogens with one attached hydrogen (secondary N) is 1. The Balaban J connectivity index is 4.93. The average molecular weight is 269 g/mol. The van der Waals surface area contributed by atoms with Crippen molar-refractivity contribution in [3.05, 3.63) is 0 Å². The van der Waals surface area contributed by atoms with Crippen molar-refractivity contribution in [3.63, 3.8) is 0 Å². The lowest BCUT2D eigenvalue weighted by Crippen LogP contribution is -2.46. The standard InChI is InChI=1S/C5H10F3NO4S2/c1-3(2)4(14(10)11)9-15(12,13)5(6,7)8/h3-4,9H,1-2H3,(H,10,11). The molecule has 0 spiro atoms. The van der Waals surface area contributed by atoms with Crippen LogP contribution in [-0.4, -0.2) is 28.1 Å². The second-order valence-corrected chi connectivity index (χ2v) is 5.77. The normalized spacial score (nSPS) is 17.8. The first-order chi connectivity index (χ1) is 6.49. The molecule has 0 aliphatic carbocycles. The van der Waals surface area contributed by atoms with Gasteiger partial charge in [0.05, 0.1) is 0 Å². The summed E-state index contributed by atoms with van der Waals surface area (Å²) in [5, 5.41) is -1.68. The van der Waals surface area contributed by atoms with E-state index in [4.69, 9.17) is 4.55 Å². The molecular weight excluding hydrogens is 259 g/mol. The van der Waals surface area contributed by atoms with Crippen LogP contribution in [0.25, 0.3) is 0 Å². The van der Waals surface area contributed by atoms with Crippen molar-refractivity contribution in [2.45, 2.75) is 24.7 Å². The van der Waals surface area contributed by atoms with Crippen LogP contribution in [0.2, 0.25) is 0 Å². The van der Waals surface area contributed by atoms with Crippen molar-refractivity contribution in [2.75, 3.05) is 0 Å². The zero-order valence-corrected chi connectivity index (χ0v) is 9.41. The molecule has 0 rings (SSSR count). The molecule has 92 valence electrons. The highest BCUT2D eigenvalue weighted by molar-refractivity contribution is 7.91. The summed E-state index contributed by atoms with van der Waals surface area (Å²) < 4.78 is 77.1. The molecule has 0 heterocycles. The predicted molar refractivity (Wildman–Crippen MR) is 47.5 cm³/mol. The van der Waals surface area contributed by atoms with Crippen molar-refractivity contribution in [1.29, 1.82) is 0 Å². The summed E-state index contributed by atoms with van der Waals surface area (Å²) >= 11 is -2.71. The number of hydrogen-bond donors (Lipinski definition) is 2. The van der Waals surface area contributed by atoms with Crippen LogP contribution < -0.4 is 4.72 Å². The van der Waals surface area contributed by atoms with Gasteiger partial charge in [0.25, 0.3) is 0 Å². The van der Waals surface area contributed by atoms with E-state index in [1.54, 1.807) is 0 Å². The smallest absolute Gasteiger partial charge is 0.305 e. The zero-order chi connectivity index (χ0) is 12.4. The monoisotopic (exact) mass is 269 g/mol. The molecule has 2 N–H and O–H groups in total. The number of sulfonamides is 1. The molecule has 15 heavy (non-hydrogen) atoms. The summed E-state index contributed by atoms with van der Waals surface area (Å²) in [6, 6.07) is 0. The highest BCUT2D eigenvalue weighted by atomic mass is 32.2. The molecule has 0 aliphatic rings. The van der Waals surface area contributed by atoms with Gasteiger partial charge in [-0.05, 0) is 5.92 Å². The van der Waals surface area contributed by atoms with E-state index in [0.29, 0.717) is 0 Å². The van der Waals surface area contributed by atoms with E-state index in [-0.39, 0.29) is 0 Å². The second-order valence-electron chi connectivity index (χ2n) is 3.01. The van der Waals surface area contributed by atoms with Crippen LogP contribution in [0.1, 0.15) is 13.8 Å². The molecule has 0 aromatic heterocycles. The molecular formula is C5H10F3NO4S2. The Kier molecular flexibility index (Phi) is 4.70. The maximum atomic E-state index is 11.9. The van der Waals surface area contributed by atoms with Crippen molar-refractivity contribution < 1.29 is 30.4 Å². The van der Waals surface area contributed by atoms with Gasteiger partial charge in [-0.2, -0.15) is 17.9 Å². The summed E-state index contributed by atoms with van der Waals surface area (Å²) in [6.07, 6.45) is 0. The highest BCUT2D eigenvalue weighted by Crippen LogP contribution is 2.23. The van der Waals surface area contributed by atoms with Crippen LogP contribution >= 0.6 is 0 Å². The Morgan fingerprint density at radius 3 is 1.93 bits per heavy atom. The van der Waals surface area contributed by atoms with E-state index in [9.17, 15) is 25.8 Å². The Hall–Kier alpha value is -0.190. The maximum absolute atomic E-state index is 11.9. The van der Waals surface area contributed by atoms with E-state index < -0.39 is 37.9 Å². The van der Waals surface area contributed by atoms with Crippen LogP contribution in [0.3, 0.4) is 0 Å². The third-order valence-electron chi connectivity index (χ3n) is 1.40. The Morgan fingerprint density at radius 2 is 1.73 bits per heavy atom. The van der Waals surface area contributed by atoms with Gasteiger partial charge in [0.2, 0.25) is 0 Å². The van der Waals surface area contributed by atoms with Crippen LogP contribution in [0, 0.1) is 5.92 Å². The Bertz CT molecular complexity index is 337. The molecule has 5 nitrogen and oxygen atoms in total. The third-order valence-corrected chi connectivity index (χ3v) is 3.82. The lowest BCUT2D eigenvalue weighted by atomic mass is 10.2. The van der Waals surface area contributed by atoms with Gasteiger partial charge in [-0.25, -0.2) is 12.6 Å². The van der Waals surface area contributed by atoms with Crippen molar-refractivity contribution in [3.8, 4) is 0 Å². The van der Waals surface area contributed by atoms with E-state index in [1.165, 1.54) is 13.8 Å². The van der Waals surface area contributed by atoms with Gasteiger partial charge < -0.3 is 4.55 Å². The SMILES string of the molecule is CC(C)C(NS(=O)(=O)C(F)(F)F)S(=O)O. The molecule has 0 radical (unpaired) electrons. The summed E-state index contributed by atoms with van der Waals surface area (Å²) in [7, 11) is -5.59. The Labute approximate surface area is 87.4 Å². The maximum Gasteiger partial charge on any atom is 0.511 e. The van der Waals surface area contributed by atoms with E-state index in [1.807, 2.05) is 0 Å². The molecule has 0 saturated heterocycles. The molecule has 0 bridgehead atoms. The van der Waals surface area contributed by atoms with Crippen LogP contribution in [0.15, 0.2) is 0 Å². The zero-order valence-electron chi connectivity index (χ0n) is 7.78. The molecule has 2 unspecified atom stereocenters. The quantitative estimate of drug-likeness (QED) is 0.733. The fourth-order valence-corrected chi connectivity index (χ4v) is 2.52. The second kappa shape index (κ2) is 4.76. The lowest BCUT2D eigenvalue weighted by molar-refractivity contribution is -0.0449. The molecule has 0 fully saturated rings. The van der Waals surface area contributed by atoms with E-state index in [0.717, 1.165) is 4.72 Å².